The maximum Gasteiger partial charge on any atom is 0.224 e. The van der Waals surface area contributed by atoms with Crippen LogP contribution in [-0.4, -0.2) is 18.5 Å². The first kappa shape index (κ1) is 17.8. The van der Waals surface area contributed by atoms with Gasteiger partial charge in [0.1, 0.15) is 12.4 Å². The molecule has 0 heterocycles. The Morgan fingerprint density at radius 3 is 2.76 bits per heavy atom. The summed E-state index contributed by atoms with van der Waals surface area (Å²) in [6.07, 6.45) is 2.65. The van der Waals surface area contributed by atoms with Gasteiger partial charge in [0.2, 0.25) is 5.91 Å². The summed E-state index contributed by atoms with van der Waals surface area (Å²) >= 11 is 6.14. The van der Waals surface area contributed by atoms with Crippen LogP contribution in [0, 0.1) is 5.92 Å². The Morgan fingerprint density at radius 1 is 1.24 bits per heavy atom. The Morgan fingerprint density at radius 2 is 2.04 bits per heavy atom. The first-order valence-corrected chi connectivity index (χ1v) is 8.98. The summed E-state index contributed by atoms with van der Waals surface area (Å²) in [5, 5.41) is 3.73. The fourth-order valence-corrected chi connectivity index (χ4v) is 3.02. The van der Waals surface area contributed by atoms with Gasteiger partial charge in [-0.2, -0.15) is 0 Å². The normalized spacial score (nSPS) is 14.8. The number of ether oxygens (including phenoxy) is 1. The fourth-order valence-electron chi connectivity index (χ4n) is 2.83. The highest BCUT2D eigenvalue weighted by Gasteiger charge is 2.31. The molecule has 1 unspecified atom stereocenters. The Bertz CT molecular complexity index is 731. The van der Waals surface area contributed by atoms with Gasteiger partial charge in [-0.15, -0.1) is 0 Å². The van der Waals surface area contributed by atoms with Crippen molar-refractivity contribution in [1.82, 2.24) is 5.32 Å². The minimum absolute atomic E-state index is 0.00519. The van der Waals surface area contributed by atoms with Crippen molar-refractivity contribution in [3.05, 3.63) is 64.7 Å². The molecule has 4 nitrogen and oxygen atoms in total. The molecule has 3 N–H and O–H groups in total. The molecule has 1 aliphatic carbocycles. The molecule has 3 rings (SSSR count). The van der Waals surface area contributed by atoms with E-state index in [2.05, 4.69) is 5.32 Å². The van der Waals surface area contributed by atoms with E-state index in [1.165, 1.54) is 0 Å². The minimum Gasteiger partial charge on any atom is -0.489 e. The minimum atomic E-state index is 0.00519. The molecule has 1 aliphatic rings. The largest absolute Gasteiger partial charge is 0.489 e. The zero-order valence-corrected chi connectivity index (χ0v) is 14.8. The summed E-state index contributed by atoms with van der Waals surface area (Å²) in [5.74, 6) is 1.28. The van der Waals surface area contributed by atoms with Gasteiger partial charge in [-0.05, 0) is 42.5 Å². The molecular formula is C20H23ClN2O2. The SMILES string of the molecule is NCC(NC(=O)Cc1cccc(OCc2ccccc2Cl)c1)C1CC1. The second-order valence-electron chi connectivity index (χ2n) is 6.45. The van der Waals surface area contributed by atoms with Gasteiger partial charge in [0.25, 0.3) is 0 Å². The van der Waals surface area contributed by atoms with E-state index in [-0.39, 0.29) is 11.9 Å². The molecule has 0 aliphatic heterocycles. The van der Waals surface area contributed by atoms with Crippen molar-refractivity contribution in [3.63, 3.8) is 0 Å². The van der Waals surface area contributed by atoms with Crippen molar-refractivity contribution in [2.45, 2.75) is 31.9 Å². The van der Waals surface area contributed by atoms with Crippen molar-refractivity contribution in [3.8, 4) is 5.75 Å². The summed E-state index contributed by atoms with van der Waals surface area (Å²) in [4.78, 5) is 12.2. The molecule has 5 heteroatoms. The highest BCUT2D eigenvalue weighted by molar-refractivity contribution is 6.31. The van der Waals surface area contributed by atoms with Gasteiger partial charge in [0.05, 0.1) is 6.42 Å². The molecule has 2 aromatic carbocycles. The molecule has 1 fully saturated rings. The number of amides is 1. The molecule has 132 valence electrons. The molecule has 0 radical (unpaired) electrons. The van der Waals surface area contributed by atoms with Crippen molar-refractivity contribution in [2.75, 3.05) is 6.54 Å². The number of nitrogens with one attached hydrogen (secondary N) is 1. The van der Waals surface area contributed by atoms with Crippen molar-refractivity contribution >= 4 is 17.5 Å². The van der Waals surface area contributed by atoms with Crippen LogP contribution in [0.1, 0.15) is 24.0 Å². The van der Waals surface area contributed by atoms with Gasteiger partial charge in [0, 0.05) is 23.2 Å². The first-order valence-electron chi connectivity index (χ1n) is 8.60. The molecule has 0 spiro atoms. The summed E-state index contributed by atoms with van der Waals surface area (Å²) < 4.78 is 5.81. The fraction of sp³-hybridized carbons (Fsp3) is 0.350. The summed E-state index contributed by atoms with van der Waals surface area (Å²) in [5.41, 5.74) is 7.59. The highest BCUT2D eigenvalue weighted by Crippen LogP contribution is 2.32. The van der Waals surface area contributed by atoms with E-state index >= 15 is 0 Å². The zero-order valence-electron chi connectivity index (χ0n) is 14.1. The average molecular weight is 359 g/mol. The van der Waals surface area contributed by atoms with E-state index in [9.17, 15) is 4.79 Å². The molecule has 1 atom stereocenters. The predicted molar refractivity (Wildman–Crippen MR) is 99.6 cm³/mol. The number of rotatable bonds is 8. The lowest BCUT2D eigenvalue weighted by molar-refractivity contribution is -0.121. The Balaban J connectivity index is 1.55. The van der Waals surface area contributed by atoms with Crippen LogP contribution in [0.15, 0.2) is 48.5 Å². The topological polar surface area (TPSA) is 64.3 Å². The van der Waals surface area contributed by atoms with Crippen LogP contribution >= 0.6 is 11.6 Å². The van der Waals surface area contributed by atoms with Crippen molar-refractivity contribution < 1.29 is 9.53 Å². The lowest BCUT2D eigenvalue weighted by Gasteiger charge is -2.16. The summed E-state index contributed by atoms with van der Waals surface area (Å²) in [6, 6.07) is 15.3. The molecule has 0 saturated heterocycles. The molecule has 0 aromatic heterocycles. The number of hydrogen-bond acceptors (Lipinski definition) is 3. The van der Waals surface area contributed by atoms with Crippen LogP contribution < -0.4 is 15.8 Å². The molecule has 2 aromatic rings. The number of nitrogens with two attached hydrogens (primary N) is 1. The lowest BCUT2D eigenvalue weighted by Crippen LogP contribution is -2.42. The van der Waals surface area contributed by atoms with Gasteiger partial charge >= 0.3 is 0 Å². The molecule has 1 amide bonds. The standard InChI is InChI=1S/C20H23ClN2O2/c21-18-7-2-1-5-16(18)13-25-17-6-3-4-14(10-17)11-20(24)23-19(12-22)15-8-9-15/h1-7,10,15,19H,8-9,11-13,22H2,(H,23,24). The predicted octanol–water partition coefficient (Wildman–Crippen LogP) is 3.32. The summed E-state index contributed by atoms with van der Waals surface area (Å²) in [6.45, 7) is 0.893. The van der Waals surface area contributed by atoms with Crippen LogP contribution in [0.25, 0.3) is 0 Å². The number of carbonyl (C=O) groups is 1. The maximum atomic E-state index is 12.2. The highest BCUT2D eigenvalue weighted by atomic mass is 35.5. The molecule has 1 saturated carbocycles. The van der Waals surface area contributed by atoms with Gasteiger partial charge < -0.3 is 15.8 Å². The van der Waals surface area contributed by atoms with E-state index < -0.39 is 0 Å². The van der Waals surface area contributed by atoms with E-state index in [0.717, 1.165) is 29.7 Å². The number of carbonyl (C=O) groups excluding carboxylic acids is 1. The second kappa shape index (κ2) is 8.37. The zero-order chi connectivity index (χ0) is 17.6. The molecule has 0 bridgehead atoms. The van der Waals surface area contributed by atoms with Crippen LogP contribution in [0.3, 0.4) is 0 Å². The Kier molecular flexibility index (Phi) is 5.95. The van der Waals surface area contributed by atoms with Crippen molar-refractivity contribution in [2.24, 2.45) is 11.7 Å². The third-order valence-electron chi connectivity index (χ3n) is 4.41. The molecular weight excluding hydrogens is 336 g/mol. The van der Waals surface area contributed by atoms with E-state index in [4.69, 9.17) is 22.1 Å². The third kappa shape index (κ3) is 5.21. The van der Waals surface area contributed by atoms with E-state index in [1.54, 1.807) is 0 Å². The van der Waals surface area contributed by atoms with Crippen LogP contribution in [-0.2, 0) is 17.8 Å². The first-order chi connectivity index (χ1) is 12.2. The van der Waals surface area contributed by atoms with E-state index in [1.807, 2.05) is 48.5 Å². The van der Waals surface area contributed by atoms with Gasteiger partial charge in [-0.1, -0.05) is 41.9 Å². The molecule has 25 heavy (non-hydrogen) atoms. The average Bonchev–Trinajstić information content (AvgIpc) is 3.44. The van der Waals surface area contributed by atoms with Crippen LogP contribution in [0.2, 0.25) is 5.02 Å². The lowest BCUT2D eigenvalue weighted by atomic mass is 10.1. The smallest absolute Gasteiger partial charge is 0.224 e. The second-order valence-corrected chi connectivity index (χ2v) is 6.86. The van der Waals surface area contributed by atoms with Crippen LogP contribution in [0.4, 0.5) is 0 Å². The summed E-state index contributed by atoms with van der Waals surface area (Å²) in [7, 11) is 0. The van der Waals surface area contributed by atoms with Crippen molar-refractivity contribution in [1.29, 1.82) is 0 Å². The number of benzene rings is 2. The Hall–Kier alpha value is -2.04. The van der Waals surface area contributed by atoms with Gasteiger partial charge in [-0.3, -0.25) is 4.79 Å². The maximum absolute atomic E-state index is 12.2. The quantitative estimate of drug-likeness (QED) is 0.760. The number of halogens is 1. The van der Waals surface area contributed by atoms with Crippen LogP contribution in [0.5, 0.6) is 5.75 Å². The van der Waals surface area contributed by atoms with Gasteiger partial charge in [0.15, 0.2) is 0 Å². The Labute approximate surface area is 153 Å². The van der Waals surface area contributed by atoms with E-state index in [0.29, 0.717) is 30.5 Å². The number of hydrogen-bond donors (Lipinski definition) is 2. The monoisotopic (exact) mass is 358 g/mol. The van der Waals surface area contributed by atoms with Gasteiger partial charge in [-0.25, -0.2) is 0 Å². The third-order valence-corrected chi connectivity index (χ3v) is 4.78.